The van der Waals surface area contributed by atoms with E-state index >= 15 is 0 Å². The van der Waals surface area contributed by atoms with Gasteiger partial charge in [0.05, 0.1) is 5.25 Å². The number of carbonyl (C=O) groups is 1. The quantitative estimate of drug-likeness (QED) is 0.628. The number of hydrogen-bond acceptors (Lipinski definition) is 4. The molecule has 1 heterocycles. The molecule has 0 bridgehead atoms. The molecule has 0 aliphatic heterocycles. The average Bonchev–Trinajstić information content (AvgIpc) is 3.50. The van der Waals surface area contributed by atoms with Crippen molar-refractivity contribution in [2.75, 3.05) is 6.54 Å². The topological polar surface area (TPSA) is 51.0 Å². The largest absolute Gasteiger partial charge is 0.339 e. The Balaban J connectivity index is 1.54. The molecule has 2 saturated carbocycles. The maximum absolute atomic E-state index is 13.2. The van der Waals surface area contributed by atoms with Crippen LogP contribution in [0.5, 0.6) is 0 Å². The maximum Gasteiger partial charge on any atom is 0.236 e. The summed E-state index contributed by atoms with van der Waals surface area (Å²) in [5.74, 6) is 1.77. The summed E-state index contributed by atoms with van der Waals surface area (Å²) in [5, 5.41) is 9.63. The van der Waals surface area contributed by atoms with Crippen LogP contribution in [-0.4, -0.2) is 43.4 Å². The number of para-hydroxylation sites is 1. The third kappa shape index (κ3) is 4.12. The molecular weight excluding hydrogens is 368 g/mol. The first-order valence-corrected chi connectivity index (χ1v) is 11.5. The van der Waals surface area contributed by atoms with Crippen LogP contribution in [0.3, 0.4) is 0 Å². The Morgan fingerprint density at radius 2 is 1.86 bits per heavy atom. The first kappa shape index (κ1) is 19.5. The van der Waals surface area contributed by atoms with E-state index in [9.17, 15) is 4.79 Å². The molecule has 150 valence electrons. The van der Waals surface area contributed by atoms with Gasteiger partial charge in [-0.3, -0.25) is 9.36 Å². The lowest BCUT2D eigenvalue weighted by atomic mass is 9.94. The van der Waals surface area contributed by atoms with Crippen LogP contribution >= 0.6 is 11.8 Å². The summed E-state index contributed by atoms with van der Waals surface area (Å²) in [5.41, 5.74) is 1.08. The van der Waals surface area contributed by atoms with E-state index in [0.717, 1.165) is 36.1 Å². The van der Waals surface area contributed by atoms with Crippen molar-refractivity contribution in [3.63, 3.8) is 0 Å². The Morgan fingerprint density at radius 1 is 1.14 bits per heavy atom. The molecule has 4 rings (SSSR count). The zero-order chi connectivity index (χ0) is 19.5. The fourth-order valence-electron chi connectivity index (χ4n) is 4.21. The molecule has 2 fully saturated rings. The Labute approximate surface area is 171 Å². The van der Waals surface area contributed by atoms with Crippen LogP contribution in [0.1, 0.15) is 70.5 Å². The van der Waals surface area contributed by atoms with E-state index in [1.165, 1.54) is 32.1 Å². The first-order chi connectivity index (χ1) is 13.7. The number of rotatable bonds is 7. The van der Waals surface area contributed by atoms with Crippen LogP contribution in [0.2, 0.25) is 0 Å². The first-order valence-electron chi connectivity index (χ1n) is 10.7. The van der Waals surface area contributed by atoms with Crippen LogP contribution < -0.4 is 0 Å². The van der Waals surface area contributed by atoms with Crippen molar-refractivity contribution in [1.82, 2.24) is 19.7 Å². The van der Waals surface area contributed by atoms with Crippen molar-refractivity contribution < 1.29 is 4.79 Å². The molecule has 28 heavy (non-hydrogen) atoms. The van der Waals surface area contributed by atoms with Crippen LogP contribution in [-0.2, 0) is 4.79 Å². The van der Waals surface area contributed by atoms with Gasteiger partial charge >= 0.3 is 0 Å². The highest BCUT2D eigenvalue weighted by atomic mass is 32.2. The van der Waals surface area contributed by atoms with Gasteiger partial charge in [0.25, 0.3) is 0 Å². The minimum Gasteiger partial charge on any atom is -0.339 e. The standard InChI is InChI=1S/C22H30N4OS/c1-3-25(18-10-6-4-7-11-18)21(27)16(2)28-22-24-23-20(17-14-15-17)26(22)19-12-8-5-9-13-19/h5,8-9,12-13,16-18H,3-4,6-7,10-11,14-15H2,1-2H3/t16-/m1/s1. The van der Waals surface area contributed by atoms with Crippen molar-refractivity contribution in [2.45, 2.75) is 81.2 Å². The Kier molecular flexibility index (Phi) is 6.04. The van der Waals surface area contributed by atoms with Gasteiger partial charge in [-0.15, -0.1) is 10.2 Å². The van der Waals surface area contributed by atoms with Gasteiger partial charge in [0.15, 0.2) is 5.16 Å². The SMILES string of the molecule is CCN(C(=O)[C@@H](C)Sc1nnc(C2CC2)n1-c1ccccc1)C1CCCCC1. The predicted octanol–water partition coefficient (Wildman–Crippen LogP) is 4.81. The van der Waals surface area contributed by atoms with E-state index in [4.69, 9.17) is 0 Å². The molecule has 0 unspecified atom stereocenters. The second-order valence-corrected chi connectivity index (χ2v) is 9.27. The summed E-state index contributed by atoms with van der Waals surface area (Å²) in [7, 11) is 0. The summed E-state index contributed by atoms with van der Waals surface area (Å²) >= 11 is 1.54. The number of carbonyl (C=O) groups excluding carboxylic acids is 1. The second-order valence-electron chi connectivity index (χ2n) is 7.96. The molecule has 2 aliphatic carbocycles. The van der Waals surface area contributed by atoms with Crippen molar-refractivity contribution >= 4 is 17.7 Å². The highest BCUT2D eigenvalue weighted by Gasteiger charge is 2.33. The van der Waals surface area contributed by atoms with Crippen molar-refractivity contribution in [3.8, 4) is 5.69 Å². The summed E-state index contributed by atoms with van der Waals surface area (Å²) in [4.78, 5) is 15.3. The molecule has 1 atom stereocenters. The molecule has 1 aromatic carbocycles. The minimum atomic E-state index is -0.166. The van der Waals surface area contributed by atoms with E-state index in [1.807, 2.05) is 25.1 Å². The molecule has 0 radical (unpaired) electrons. The summed E-state index contributed by atoms with van der Waals surface area (Å²) < 4.78 is 2.16. The molecule has 0 saturated heterocycles. The zero-order valence-corrected chi connectivity index (χ0v) is 17.7. The van der Waals surface area contributed by atoms with Gasteiger partial charge in [0, 0.05) is 24.2 Å². The molecule has 2 aliphatic rings. The molecule has 0 spiro atoms. The Bertz CT molecular complexity index is 796. The van der Waals surface area contributed by atoms with E-state index in [2.05, 4.69) is 38.7 Å². The van der Waals surface area contributed by atoms with Gasteiger partial charge in [-0.1, -0.05) is 49.2 Å². The van der Waals surface area contributed by atoms with Crippen LogP contribution in [0.25, 0.3) is 5.69 Å². The number of hydrogen-bond donors (Lipinski definition) is 0. The smallest absolute Gasteiger partial charge is 0.236 e. The van der Waals surface area contributed by atoms with E-state index in [1.54, 1.807) is 11.8 Å². The second kappa shape index (κ2) is 8.68. The number of aromatic nitrogens is 3. The monoisotopic (exact) mass is 398 g/mol. The predicted molar refractivity (Wildman–Crippen MR) is 113 cm³/mol. The third-order valence-corrected chi connectivity index (χ3v) is 6.91. The summed E-state index contributed by atoms with van der Waals surface area (Å²) in [6.07, 6.45) is 8.42. The molecule has 1 amide bonds. The molecular formula is C22H30N4OS. The Hall–Kier alpha value is -1.82. The fraction of sp³-hybridized carbons (Fsp3) is 0.591. The van der Waals surface area contributed by atoms with Gasteiger partial charge < -0.3 is 4.90 Å². The highest BCUT2D eigenvalue weighted by Crippen LogP contribution is 2.41. The van der Waals surface area contributed by atoms with Gasteiger partial charge in [-0.25, -0.2) is 0 Å². The lowest BCUT2D eigenvalue weighted by Gasteiger charge is -2.35. The Morgan fingerprint density at radius 3 is 2.50 bits per heavy atom. The molecule has 0 N–H and O–H groups in total. The number of nitrogens with zero attached hydrogens (tertiary/aromatic N) is 4. The van der Waals surface area contributed by atoms with Gasteiger partial charge in [-0.2, -0.15) is 0 Å². The average molecular weight is 399 g/mol. The van der Waals surface area contributed by atoms with E-state index in [0.29, 0.717) is 12.0 Å². The lowest BCUT2D eigenvalue weighted by Crippen LogP contribution is -2.44. The fourth-order valence-corrected chi connectivity index (χ4v) is 5.16. The van der Waals surface area contributed by atoms with Gasteiger partial charge in [0.2, 0.25) is 5.91 Å². The zero-order valence-electron chi connectivity index (χ0n) is 16.9. The summed E-state index contributed by atoms with van der Waals surface area (Å²) in [6, 6.07) is 10.7. The van der Waals surface area contributed by atoms with Crippen molar-refractivity contribution in [2.24, 2.45) is 0 Å². The van der Waals surface area contributed by atoms with Crippen molar-refractivity contribution in [1.29, 1.82) is 0 Å². The van der Waals surface area contributed by atoms with Crippen molar-refractivity contribution in [3.05, 3.63) is 36.2 Å². The van der Waals surface area contributed by atoms with Crippen LogP contribution in [0.4, 0.5) is 0 Å². The number of benzene rings is 1. The van der Waals surface area contributed by atoms with Crippen LogP contribution in [0.15, 0.2) is 35.5 Å². The van der Waals surface area contributed by atoms with Crippen LogP contribution in [0, 0.1) is 0 Å². The van der Waals surface area contributed by atoms with E-state index in [-0.39, 0.29) is 11.2 Å². The maximum atomic E-state index is 13.2. The minimum absolute atomic E-state index is 0.166. The molecule has 5 nitrogen and oxygen atoms in total. The molecule has 2 aromatic rings. The van der Waals surface area contributed by atoms with Gasteiger partial charge in [0.1, 0.15) is 5.82 Å². The third-order valence-electron chi connectivity index (χ3n) is 5.88. The normalized spacial score (nSPS) is 18.8. The number of amides is 1. The molecule has 6 heteroatoms. The number of thioether (sulfide) groups is 1. The summed E-state index contributed by atoms with van der Waals surface area (Å²) in [6.45, 7) is 4.90. The molecule has 1 aromatic heterocycles. The van der Waals surface area contributed by atoms with E-state index < -0.39 is 0 Å². The highest BCUT2D eigenvalue weighted by molar-refractivity contribution is 8.00. The lowest BCUT2D eigenvalue weighted by molar-refractivity contribution is -0.133. The van der Waals surface area contributed by atoms with Gasteiger partial charge in [-0.05, 0) is 51.7 Å².